The topological polar surface area (TPSA) is 33.1 Å². The minimum absolute atomic E-state index is 0.702. The van der Waals surface area contributed by atoms with Crippen LogP contribution in [0.3, 0.4) is 0 Å². The van der Waals surface area contributed by atoms with Gasteiger partial charge in [-0.3, -0.25) is 4.98 Å². The fourth-order valence-electron chi connectivity index (χ4n) is 1.48. The van der Waals surface area contributed by atoms with Crippen LogP contribution < -0.4 is 0 Å². The maximum absolute atomic E-state index is 10.4. The molecule has 0 fully saturated rings. The molecule has 0 radical (unpaired) electrons. The van der Waals surface area contributed by atoms with E-state index in [1.165, 1.54) is 0 Å². The largest absolute Gasteiger partial charge is 0.381 e. The fourth-order valence-corrected chi connectivity index (χ4v) is 1.48. The summed E-state index contributed by atoms with van der Waals surface area (Å²) in [5, 5.41) is 10.4. The van der Waals surface area contributed by atoms with Crippen molar-refractivity contribution in [2.24, 2.45) is 0 Å². The molecule has 0 aliphatic rings. The summed E-state index contributed by atoms with van der Waals surface area (Å²) in [4.78, 5) is 4.17. The van der Waals surface area contributed by atoms with Gasteiger partial charge in [-0.15, -0.1) is 0 Å². The third-order valence-corrected chi connectivity index (χ3v) is 2.55. The summed E-state index contributed by atoms with van der Waals surface area (Å²) in [6.45, 7) is 10.9. The van der Waals surface area contributed by atoms with Gasteiger partial charge in [0, 0.05) is 17.5 Å². The lowest BCUT2D eigenvalue weighted by Gasteiger charge is -2.25. The van der Waals surface area contributed by atoms with Crippen molar-refractivity contribution in [1.29, 1.82) is 0 Å². The van der Waals surface area contributed by atoms with Crippen molar-refractivity contribution in [2.45, 2.75) is 19.4 Å². The monoisotopic (exact) mass is 215 g/mol. The van der Waals surface area contributed by atoms with Gasteiger partial charge in [-0.1, -0.05) is 37.5 Å². The number of aryl methyl sites for hydroxylation is 1. The number of nitrogens with zero attached hydrogens (tertiary/aromatic N) is 1. The Kier molecular flexibility index (Phi) is 3.80. The van der Waals surface area contributed by atoms with E-state index in [-0.39, 0.29) is 0 Å². The first-order valence-corrected chi connectivity index (χ1v) is 5.13. The lowest BCUT2D eigenvalue weighted by molar-refractivity contribution is 0.101. The minimum Gasteiger partial charge on any atom is -0.381 e. The number of hydrogen-bond acceptors (Lipinski definition) is 2. The molecule has 0 bridgehead atoms. The van der Waals surface area contributed by atoms with Crippen LogP contribution in [0.25, 0.3) is 0 Å². The van der Waals surface area contributed by atoms with E-state index in [0.717, 1.165) is 11.3 Å². The number of aromatic nitrogens is 1. The molecule has 1 rings (SSSR count). The molecular weight excluding hydrogens is 198 g/mol. The summed E-state index contributed by atoms with van der Waals surface area (Å²) >= 11 is 0. The highest BCUT2D eigenvalue weighted by Gasteiger charge is 2.26. The van der Waals surface area contributed by atoms with Gasteiger partial charge in [-0.25, -0.2) is 0 Å². The van der Waals surface area contributed by atoms with Crippen molar-refractivity contribution in [1.82, 2.24) is 4.98 Å². The van der Waals surface area contributed by atoms with Gasteiger partial charge < -0.3 is 5.11 Å². The van der Waals surface area contributed by atoms with E-state index in [9.17, 15) is 5.11 Å². The van der Waals surface area contributed by atoms with E-state index >= 15 is 0 Å². The van der Waals surface area contributed by atoms with Gasteiger partial charge in [0.1, 0.15) is 5.60 Å². The van der Waals surface area contributed by atoms with Crippen LogP contribution in [0.15, 0.2) is 55.3 Å². The number of allylic oxidation sites excluding steroid dienone is 2. The Hall–Kier alpha value is -1.67. The van der Waals surface area contributed by atoms with Crippen LogP contribution in [-0.2, 0) is 5.60 Å². The zero-order valence-corrected chi connectivity index (χ0v) is 9.77. The van der Waals surface area contributed by atoms with Gasteiger partial charge in [0.15, 0.2) is 0 Å². The maximum Gasteiger partial charge on any atom is 0.113 e. The summed E-state index contributed by atoms with van der Waals surface area (Å²) in [7, 11) is 0. The van der Waals surface area contributed by atoms with Crippen molar-refractivity contribution in [3.63, 3.8) is 0 Å². The average molecular weight is 215 g/mol. The van der Waals surface area contributed by atoms with E-state index in [4.69, 9.17) is 0 Å². The SMILES string of the molecule is C=C/C=C(\C=C)C(C)(O)c1ccc(C)nc1. The van der Waals surface area contributed by atoms with Crippen LogP contribution in [0.2, 0.25) is 0 Å². The molecule has 0 spiro atoms. The Morgan fingerprint density at radius 3 is 2.56 bits per heavy atom. The molecular formula is C14H17NO. The van der Waals surface area contributed by atoms with Gasteiger partial charge in [-0.2, -0.15) is 0 Å². The van der Waals surface area contributed by atoms with E-state index in [1.807, 2.05) is 19.1 Å². The Morgan fingerprint density at radius 2 is 2.12 bits per heavy atom. The second kappa shape index (κ2) is 4.90. The smallest absolute Gasteiger partial charge is 0.113 e. The van der Waals surface area contributed by atoms with E-state index in [1.54, 1.807) is 31.3 Å². The minimum atomic E-state index is -1.09. The summed E-state index contributed by atoms with van der Waals surface area (Å²) in [5.74, 6) is 0. The highest BCUT2D eigenvalue weighted by atomic mass is 16.3. The quantitative estimate of drug-likeness (QED) is 0.783. The molecule has 16 heavy (non-hydrogen) atoms. The lowest BCUT2D eigenvalue weighted by atomic mass is 9.88. The molecule has 84 valence electrons. The fraction of sp³-hybridized carbons (Fsp3) is 0.214. The summed E-state index contributed by atoms with van der Waals surface area (Å²) in [6.07, 6.45) is 6.68. The van der Waals surface area contributed by atoms with E-state index < -0.39 is 5.60 Å². The molecule has 1 N–H and O–H groups in total. The van der Waals surface area contributed by atoms with E-state index in [2.05, 4.69) is 18.1 Å². The van der Waals surface area contributed by atoms with Crippen LogP contribution in [-0.4, -0.2) is 10.1 Å². The van der Waals surface area contributed by atoms with Crippen molar-refractivity contribution < 1.29 is 5.11 Å². The molecule has 1 aromatic heterocycles. The molecule has 1 heterocycles. The molecule has 2 nitrogen and oxygen atoms in total. The molecule has 2 heteroatoms. The zero-order valence-electron chi connectivity index (χ0n) is 9.77. The first-order valence-electron chi connectivity index (χ1n) is 5.13. The molecule has 0 saturated heterocycles. The summed E-state index contributed by atoms with van der Waals surface area (Å²) < 4.78 is 0. The number of aliphatic hydroxyl groups is 1. The molecule has 0 aromatic carbocycles. The third kappa shape index (κ3) is 2.47. The van der Waals surface area contributed by atoms with Gasteiger partial charge in [-0.05, 0) is 25.5 Å². The highest BCUT2D eigenvalue weighted by molar-refractivity contribution is 5.37. The normalized spacial score (nSPS) is 15.3. The summed E-state index contributed by atoms with van der Waals surface area (Å²) in [6, 6.07) is 3.74. The molecule has 1 unspecified atom stereocenters. The molecule has 1 atom stereocenters. The predicted molar refractivity (Wildman–Crippen MR) is 67.0 cm³/mol. The van der Waals surface area contributed by atoms with Crippen LogP contribution in [0.5, 0.6) is 0 Å². The highest BCUT2D eigenvalue weighted by Crippen LogP contribution is 2.29. The Bertz CT molecular complexity index is 413. The van der Waals surface area contributed by atoms with Crippen molar-refractivity contribution in [3.05, 3.63) is 66.5 Å². The van der Waals surface area contributed by atoms with Crippen LogP contribution in [0.1, 0.15) is 18.2 Å². The molecule has 1 aromatic rings. The maximum atomic E-state index is 10.4. The van der Waals surface area contributed by atoms with Crippen molar-refractivity contribution >= 4 is 0 Å². The molecule has 0 aliphatic heterocycles. The second-order valence-electron chi connectivity index (χ2n) is 3.82. The Morgan fingerprint density at radius 1 is 1.44 bits per heavy atom. The lowest BCUT2D eigenvalue weighted by Crippen LogP contribution is -2.23. The van der Waals surface area contributed by atoms with Gasteiger partial charge in [0.2, 0.25) is 0 Å². The first kappa shape index (κ1) is 12.4. The van der Waals surface area contributed by atoms with Gasteiger partial charge in [0.25, 0.3) is 0 Å². The Labute approximate surface area is 96.7 Å². The van der Waals surface area contributed by atoms with Crippen molar-refractivity contribution in [3.8, 4) is 0 Å². The number of pyridine rings is 1. The van der Waals surface area contributed by atoms with Crippen LogP contribution >= 0.6 is 0 Å². The standard InChI is InChI=1S/C14H17NO/c1-5-7-12(6-2)14(4,16)13-9-8-11(3)15-10-13/h5-10,16H,1-2H2,3-4H3/b12-7+. The van der Waals surface area contributed by atoms with Crippen LogP contribution in [0.4, 0.5) is 0 Å². The molecule has 0 aliphatic carbocycles. The van der Waals surface area contributed by atoms with Crippen molar-refractivity contribution in [2.75, 3.05) is 0 Å². The third-order valence-electron chi connectivity index (χ3n) is 2.55. The van der Waals surface area contributed by atoms with Gasteiger partial charge >= 0.3 is 0 Å². The van der Waals surface area contributed by atoms with Crippen LogP contribution in [0, 0.1) is 6.92 Å². The second-order valence-corrected chi connectivity index (χ2v) is 3.82. The first-order chi connectivity index (χ1) is 7.52. The average Bonchev–Trinajstić information content (AvgIpc) is 2.26. The predicted octanol–water partition coefficient (Wildman–Crippen LogP) is 2.90. The number of rotatable bonds is 4. The van der Waals surface area contributed by atoms with Gasteiger partial charge in [0.05, 0.1) is 0 Å². The number of hydrogen-bond donors (Lipinski definition) is 1. The summed E-state index contributed by atoms with van der Waals surface area (Å²) in [5.41, 5.74) is 1.28. The Balaban J connectivity index is 3.18. The van der Waals surface area contributed by atoms with E-state index in [0.29, 0.717) is 5.57 Å². The molecule has 0 saturated carbocycles. The molecule has 0 amide bonds. The zero-order chi connectivity index (χ0) is 12.2.